The van der Waals surface area contributed by atoms with Crippen molar-refractivity contribution in [2.75, 3.05) is 38.0 Å². The SMILES string of the molecule is CNc1nc(NC(CCO)COC)c2ccsc2n1. The first-order valence-corrected chi connectivity index (χ1v) is 6.95. The lowest BCUT2D eigenvalue weighted by molar-refractivity contribution is 0.170. The molecule has 0 saturated heterocycles. The van der Waals surface area contributed by atoms with E-state index >= 15 is 0 Å². The van der Waals surface area contributed by atoms with Crippen LogP contribution in [0.3, 0.4) is 0 Å². The summed E-state index contributed by atoms with van der Waals surface area (Å²) in [4.78, 5) is 9.75. The summed E-state index contributed by atoms with van der Waals surface area (Å²) in [5, 5.41) is 18.3. The lowest BCUT2D eigenvalue weighted by Crippen LogP contribution is -2.26. The number of aliphatic hydroxyl groups is 1. The molecule has 0 amide bonds. The molecule has 0 fully saturated rings. The van der Waals surface area contributed by atoms with E-state index in [0.29, 0.717) is 19.0 Å². The number of rotatable bonds is 7. The molecule has 0 aromatic carbocycles. The standard InChI is InChI=1S/C12H18N4O2S/c1-13-12-15-10(9-4-6-19-11(9)16-12)14-8(3-5-17)7-18-2/h4,6,8,17H,3,5,7H2,1-2H3,(H2,13,14,15,16). The topological polar surface area (TPSA) is 79.3 Å². The maximum absolute atomic E-state index is 9.08. The fourth-order valence-corrected chi connectivity index (χ4v) is 2.59. The smallest absolute Gasteiger partial charge is 0.225 e. The first-order chi connectivity index (χ1) is 9.28. The summed E-state index contributed by atoms with van der Waals surface area (Å²) in [7, 11) is 3.43. The Hall–Kier alpha value is -1.44. The van der Waals surface area contributed by atoms with Crippen LogP contribution < -0.4 is 10.6 Å². The molecule has 2 aromatic heterocycles. The number of nitrogens with one attached hydrogen (secondary N) is 2. The highest BCUT2D eigenvalue weighted by Crippen LogP contribution is 2.27. The number of thiophene rings is 1. The van der Waals surface area contributed by atoms with Gasteiger partial charge < -0.3 is 20.5 Å². The summed E-state index contributed by atoms with van der Waals surface area (Å²) in [5.41, 5.74) is 0. The number of aliphatic hydroxyl groups excluding tert-OH is 1. The Morgan fingerprint density at radius 2 is 2.32 bits per heavy atom. The molecule has 104 valence electrons. The second kappa shape index (κ2) is 6.65. The Morgan fingerprint density at radius 3 is 3.00 bits per heavy atom. The highest BCUT2D eigenvalue weighted by atomic mass is 32.1. The van der Waals surface area contributed by atoms with Gasteiger partial charge in [-0.1, -0.05) is 0 Å². The first kappa shape index (κ1) is 14.0. The van der Waals surface area contributed by atoms with Crippen molar-refractivity contribution in [2.45, 2.75) is 12.5 Å². The molecule has 1 atom stereocenters. The molecule has 0 saturated carbocycles. The second-order valence-electron chi connectivity index (χ2n) is 4.09. The van der Waals surface area contributed by atoms with Gasteiger partial charge in [-0.15, -0.1) is 11.3 Å². The normalized spacial score (nSPS) is 12.6. The zero-order valence-corrected chi connectivity index (χ0v) is 11.8. The summed E-state index contributed by atoms with van der Waals surface area (Å²) < 4.78 is 5.15. The zero-order valence-electron chi connectivity index (χ0n) is 11.0. The van der Waals surface area contributed by atoms with Crippen LogP contribution in [0.5, 0.6) is 0 Å². The summed E-state index contributed by atoms with van der Waals surface area (Å²) in [5.74, 6) is 1.35. The van der Waals surface area contributed by atoms with Crippen molar-refractivity contribution >= 4 is 33.3 Å². The molecular weight excluding hydrogens is 264 g/mol. The highest BCUT2D eigenvalue weighted by Gasteiger charge is 2.13. The molecule has 3 N–H and O–H groups in total. The van der Waals surface area contributed by atoms with Crippen LogP contribution in [-0.4, -0.2) is 48.5 Å². The van der Waals surface area contributed by atoms with Gasteiger partial charge in [0.1, 0.15) is 10.6 Å². The van der Waals surface area contributed by atoms with Crippen LogP contribution in [0.4, 0.5) is 11.8 Å². The van der Waals surface area contributed by atoms with E-state index < -0.39 is 0 Å². The van der Waals surface area contributed by atoms with E-state index in [1.807, 2.05) is 11.4 Å². The van der Waals surface area contributed by atoms with Crippen molar-refractivity contribution in [3.05, 3.63) is 11.4 Å². The predicted octanol–water partition coefficient (Wildman–Crippen LogP) is 1.54. The minimum Gasteiger partial charge on any atom is -0.396 e. The van der Waals surface area contributed by atoms with E-state index in [9.17, 15) is 0 Å². The van der Waals surface area contributed by atoms with Gasteiger partial charge in [-0.25, -0.2) is 4.98 Å². The molecule has 7 heteroatoms. The van der Waals surface area contributed by atoms with Crippen LogP contribution in [0.2, 0.25) is 0 Å². The first-order valence-electron chi connectivity index (χ1n) is 6.07. The fraction of sp³-hybridized carbons (Fsp3) is 0.500. The molecule has 2 rings (SSSR count). The van der Waals surface area contributed by atoms with Gasteiger partial charge in [-0.2, -0.15) is 4.98 Å². The molecule has 0 spiro atoms. The number of fused-ring (bicyclic) bond motifs is 1. The van der Waals surface area contributed by atoms with E-state index in [4.69, 9.17) is 9.84 Å². The highest BCUT2D eigenvalue weighted by molar-refractivity contribution is 7.16. The number of ether oxygens (including phenoxy) is 1. The van der Waals surface area contributed by atoms with Crippen molar-refractivity contribution in [3.8, 4) is 0 Å². The Balaban J connectivity index is 2.28. The van der Waals surface area contributed by atoms with Gasteiger partial charge in [-0.3, -0.25) is 0 Å². The number of anilines is 2. The molecule has 0 aliphatic heterocycles. The maximum atomic E-state index is 9.08. The van der Waals surface area contributed by atoms with Crippen LogP contribution in [0.25, 0.3) is 10.2 Å². The third-order valence-electron chi connectivity index (χ3n) is 2.73. The van der Waals surface area contributed by atoms with Crippen LogP contribution in [0.1, 0.15) is 6.42 Å². The molecular formula is C12H18N4O2S. The predicted molar refractivity (Wildman–Crippen MR) is 78.0 cm³/mol. The molecule has 0 radical (unpaired) electrons. The summed E-state index contributed by atoms with van der Waals surface area (Å²) in [6, 6.07) is 2.02. The van der Waals surface area contributed by atoms with Crippen molar-refractivity contribution in [3.63, 3.8) is 0 Å². The molecule has 6 nitrogen and oxygen atoms in total. The number of nitrogens with zero attached hydrogens (tertiary/aromatic N) is 2. The fourth-order valence-electron chi connectivity index (χ4n) is 1.82. The summed E-state index contributed by atoms with van der Waals surface area (Å²) in [6.07, 6.45) is 0.609. The monoisotopic (exact) mass is 282 g/mol. The Morgan fingerprint density at radius 1 is 1.47 bits per heavy atom. The Bertz CT molecular complexity index is 525. The third kappa shape index (κ3) is 3.31. The lowest BCUT2D eigenvalue weighted by atomic mass is 10.2. The average molecular weight is 282 g/mol. The number of hydrogen-bond acceptors (Lipinski definition) is 7. The molecule has 0 bridgehead atoms. The number of methoxy groups -OCH3 is 1. The van der Waals surface area contributed by atoms with Crippen molar-refractivity contribution in [1.82, 2.24) is 9.97 Å². The van der Waals surface area contributed by atoms with Crippen molar-refractivity contribution in [1.29, 1.82) is 0 Å². The minimum absolute atomic E-state index is 0.0257. The van der Waals surface area contributed by atoms with E-state index in [1.54, 1.807) is 25.5 Å². The maximum Gasteiger partial charge on any atom is 0.225 e. The molecule has 2 aromatic rings. The van der Waals surface area contributed by atoms with Gasteiger partial charge in [0.2, 0.25) is 5.95 Å². The Labute approximate surface area is 115 Å². The molecule has 0 aliphatic carbocycles. The van der Waals surface area contributed by atoms with Gasteiger partial charge in [0.15, 0.2) is 0 Å². The van der Waals surface area contributed by atoms with Gasteiger partial charge in [0, 0.05) is 20.8 Å². The van der Waals surface area contributed by atoms with E-state index in [2.05, 4.69) is 20.6 Å². The van der Waals surface area contributed by atoms with E-state index in [-0.39, 0.29) is 12.6 Å². The summed E-state index contributed by atoms with van der Waals surface area (Å²) >= 11 is 1.57. The molecule has 1 unspecified atom stereocenters. The van der Waals surface area contributed by atoms with Crippen LogP contribution in [0, 0.1) is 0 Å². The lowest BCUT2D eigenvalue weighted by Gasteiger charge is -2.18. The average Bonchev–Trinajstić information content (AvgIpc) is 2.87. The number of aromatic nitrogens is 2. The Kier molecular flexibility index (Phi) is 4.89. The van der Waals surface area contributed by atoms with Crippen molar-refractivity contribution < 1.29 is 9.84 Å². The zero-order chi connectivity index (χ0) is 13.7. The quantitative estimate of drug-likeness (QED) is 0.715. The third-order valence-corrected chi connectivity index (χ3v) is 3.54. The van der Waals surface area contributed by atoms with Crippen LogP contribution >= 0.6 is 11.3 Å². The summed E-state index contributed by atoms with van der Waals surface area (Å²) in [6.45, 7) is 0.628. The van der Waals surface area contributed by atoms with Crippen LogP contribution in [0.15, 0.2) is 11.4 Å². The number of hydrogen-bond donors (Lipinski definition) is 3. The van der Waals surface area contributed by atoms with Gasteiger partial charge in [0.25, 0.3) is 0 Å². The molecule has 0 aliphatic rings. The minimum atomic E-state index is 0.0257. The van der Waals surface area contributed by atoms with Gasteiger partial charge >= 0.3 is 0 Å². The molecule has 2 heterocycles. The van der Waals surface area contributed by atoms with E-state index in [0.717, 1.165) is 16.0 Å². The largest absolute Gasteiger partial charge is 0.396 e. The van der Waals surface area contributed by atoms with Crippen molar-refractivity contribution in [2.24, 2.45) is 0 Å². The second-order valence-corrected chi connectivity index (χ2v) is 4.99. The van der Waals surface area contributed by atoms with Gasteiger partial charge in [0.05, 0.1) is 18.0 Å². The van der Waals surface area contributed by atoms with E-state index in [1.165, 1.54) is 0 Å². The van der Waals surface area contributed by atoms with Gasteiger partial charge in [-0.05, 0) is 17.9 Å². The van der Waals surface area contributed by atoms with Crippen LogP contribution in [-0.2, 0) is 4.74 Å². The molecule has 19 heavy (non-hydrogen) atoms.